The molecule has 7 nitrogen and oxygen atoms in total. The summed E-state index contributed by atoms with van der Waals surface area (Å²) in [5.74, 6) is -1.08. The van der Waals surface area contributed by atoms with Crippen LogP contribution in [-0.2, 0) is 4.74 Å². The maximum absolute atomic E-state index is 13.0. The van der Waals surface area contributed by atoms with Crippen molar-refractivity contribution in [3.63, 3.8) is 0 Å². The molecule has 0 radical (unpaired) electrons. The second-order valence-electron chi connectivity index (χ2n) is 6.57. The number of nitrogens with one attached hydrogen (secondary N) is 1. The molecule has 0 spiro atoms. The van der Waals surface area contributed by atoms with Crippen molar-refractivity contribution in [1.82, 2.24) is 4.90 Å². The summed E-state index contributed by atoms with van der Waals surface area (Å²) in [6.45, 7) is -1.33. The average Bonchev–Trinajstić information content (AvgIpc) is 3.12. The van der Waals surface area contributed by atoms with E-state index in [1.165, 1.54) is 24.3 Å². The Balaban J connectivity index is 1.66. The van der Waals surface area contributed by atoms with Gasteiger partial charge in [0.25, 0.3) is 11.8 Å². The minimum atomic E-state index is -3.00. The van der Waals surface area contributed by atoms with Gasteiger partial charge < -0.3 is 24.1 Å². The summed E-state index contributed by atoms with van der Waals surface area (Å²) in [5.41, 5.74) is 0.773. The van der Waals surface area contributed by atoms with Crippen LogP contribution in [0.5, 0.6) is 5.75 Å². The van der Waals surface area contributed by atoms with Crippen molar-refractivity contribution in [2.24, 2.45) is 0 Å². The number of para-hydroxylation sites is 1. The van der Waals surface area contributed by atoms with Crippen LogP contribution in [0.3, 0.4) is 0 Å². The third-order valence-electron chi connectivity index (χ3n) is 4.65. The molecule has 2 heterocycles. The van der Waals surface area contributed by atoms with Gasteiger partial charge in [0.1, 0.15) is 17.0 Å². The molecule has 1 aliphatic heterocycles. The lowest BCUT2D eigenvalue weighted by Crippen LogP contribution is -2.40. The zero-order chi connectivity index (χ0) is 21.1. The monoisotopic (exact) mass is 416 g/mol. The number of furan rings is 1. The summed E-state index contributed by atoms with van der Waals surface area (Å²) in [5, 5.41) is 3.25. The van der Waals surface area contributed by atoms with E-state index >= 15 is 0 Å². The van der Waals surface area contributed by atoms with Crippen molar-refractivity contribution in [3.05, 3.63) is 59.9 Å². The van der Waals surface area contributed by atoms with Gasteiger partial charge in [0, 0.05) is 24.0 Å². The summed E-state index contributed by atoms with van der Waals surface area (Å²) in [7, 11) is 0. The molecule has 1 saturated heterocycles. The van der Waals surface area contributed by atoms with Gasteiger partial charge in [-0.05, 0) is 30.3 Å². The Morgan fingerprint density at radius 1 is 1.07 bits per heavy atom. The first-order chi connectivity index (χ1) is 14.5. The van der Waals surface area contributed by atoms with Crippen LogP contribution < -0.4 is 10.1 Å². The first-order valence-electron chi connectivity index (χ1n) is 9.27. The highest BCUT2D eigenvalue weighted by molar-refractivity contribution is 6.14. The molecule has 1 aromatic heterocycles. The molecule has 156 valence electrons. The van der Waals surface area contributed by atoms with Gasteiger partial charge >= 0.3 is 6.61 Å². The van der Waals surface area contributed by atoms with Crippen LogP contribution in [0.4, 0.5) is 14.5 Å². The minimum Gasteiger partial charge on any atom is -0.449 e. The standard InChI is InChI=1S/C21H18F2N2O5/c22-21(23)29-14-5-3-4-13(12-14)19(26)24-17-15-6-1-2-7-16(15)30-18(17)20(27)25-8-10-28-11-9-25/h1-7,12,21H,8-11H2,(H,24,26). The number of nitrogens with zero attached hydrogens (tertiary/aromatic N) is 1. The minimum absolute atomic E-state index is 0.00596. The number of rotatable bonds is 5. The van der Waals surface area contributed by atoms with Gasteiger partial charge in [0.05, 0.1) is 13.2 Å². The average molecular weight is 416 g/mol. The number of anilines is 1. The van der Waals surface area contributed by atoms with Crippen LogP contribution in [-0.4, -0.2) is 49.6 Å². The van der Waals surface area contributed by atoms with Crippen molar-refractivity contribution in [2.45, 2.75) is 6.61 Å². The lowest BCUT2D eigenvalue weighted by Gasteiger charge is -2.26. The molecule has 3 aromatic rings. The second kappa shape index (κ2) is 8.50. The predicted octanol–water partition coefficient (Wildman–Crippen LogP) is 3.76. The second-order valence-corrected chi connectivity index (χ2v) is 6.57. The number of ether oxygens (including phenoxy) is 2. The van der Waals surface area contributed by atoms with E-state index in [0.717, 1.165) is 0 Å². The molecule has 9 heteroatoms. The van der Waals surface area contributed by atoms with Crippen LogP contribution in [0.2, 0.25) is 0 Å². The highest BCUT2D eigenvalue weighted by Crippen LogP contribution is 2.32. The van der Waals surface area contributed by atoms with E-state index in [1.807, 2.05) is 0 Å². The van der Waals surface area contributed by atoms with Crippen LogP contribution in [0, 0.1) is 0 Å². The molecule has 0 saturated carbocycles. The molecular formula is C21H18F2N2O5. The van der Waals surface area contributed by atoms with Crippen molar-refractivity contribution in [3.8, 4) is 5.75 Å². The van der Waals surface area contributed by atoms with Gasteiger partial charge in [-0.2, -0.15) is 8.78 Å². The Labute approximate surface area is 170 Å². The third kappa shape index (κ3) is 4.11. The van der Waals surface area contributed by atoms with E-state index < -0.39 is 12.5 Å². The zero-order valence-corrected chi connectivity index (χ0v) is 15.8. The van der Waals surface area contributed by atoms with Crippen molar-refractivity contribution in [1.29, 1.82) is 0 Å². The van der Waals surface area contributed by atoms with E-state index in [0.29, 0.717) is 37.3 Å². The zero-order valence-electron chi connectivity index (χ0n) is 15.8. The van der Waals surface area contributed by atoms with E-state index in [1.54, 1.807) is 29.2 Å². The van der Waals surface area contributed by atoms with Crippen LogP contribution in [0.25, 0.3) is 11.0 Å². The number of hydrogen-bond acceptors (Lipinski definition) is 5. The van der Waals surface area contributed by atoms with E-state index in [9.17, 15) is 18.4 Å². The normalized spacial score (nSPS) is 14.2. The Kier molecular flexibility index (Phi) is 5.62. The molecule has 0 unspecified atom stereocenters. The third-order valence-corrected chi connectivity index (χ3v) is 4.65. The molecule has 1 aliphatic rings. The number of benzene rings is 2. The number of halogens is 2. The SMILES string of the molecule is O=C(Nc1c(C(=O)N2CCOCC2)oc2ccccc12)c1cccc(OC(F)F)c1. The molecule has 4 rings (SSSR count). The molecule has 2 aromatic carbocycles. The van der Waals surface area contributed by atoms with Gasteiger partial charge in [-0.15, -0.1) is 0 Å². The predicted molar refractivity (Wildman–Crippen MR) is 104 cm³/mol. The fourth-order valence-corrected chi connectivity index (χ4v) is 3.23. The summed E-state index contributed by atoms with van der Waals surface area (Å²) < 4.78 is 40.3. The van der Waals surface area contributed by atoms with Crippen molar-refractivity contribution >= 4 is 28.5 Å². The van der Waals surface area contributed by atoms with E-state index in [2.05, 4.69) is 10.1 Å². The number of hydrogen-bond donors (Lipinski definition) is 1. The Hall–Kier alpha value is -3.46. The summed E-state index contributed by atoms with van der Waals surface area (Å²) in [6, 6.07) is 12.3. The van der Waals surface area contributed by atoms with Gasteiger partial charge in [-0.3, -0.25) is 9.59 Å². The topological polar surface area (TPSA) is 81.0 Å². The maximum atomic E-state index is 13.0. The Morgan fingerprint density at radius 3 is 2.60 bits per heavy atom. The maximum Gasteiger partial charge on any atom is 0.387 e. The molecule has 0 atom stereocenters. The molecule has 1 fully saturated rings. The lowest BCUT2D eigenvalue weighted by molar-refractivity contribution is -0.0498. The fraction of sp³-hybridized carbons (Fsp3) is 0.238. The fourth-order valence-electron chi connectivity index (χ4n) is 3.23. The van der Waals surface area contributed by atoms with Crippen LogP contribution in [0.15, 0.2) is 52.9 Å². The first kappa shape index (κ1) is 19.8. The molecule has 0 bridgehead atoms. The number of fused-ring (bicyclic) bond motifs is 1. The Morgan fingerprint density at radius 2 is 1.83 bits per heavy atom. The largest absolute Gasteiger partial charge is 0.449 e. The summed E-state index contributed by atoms with van der Waals surface area (Å²) in [4.78, 5) is 27.4. The van der Waals surface area contributed by atoms with Gasteiger partial charge in [0.2, 0.25) is 5.76 Å². The molecule has 30 heavy (non-hydrogen) atoms. The molecule has 0 aliphatic carbocycles. The van der Waals surface area contributed by atoms with Gasteiger partial charge in [-0.1, -0.05) is 18.2 Å². The van der Waals surface area contributed by atoms with Crippen molar-refractivity contribution < 1.29 is 32.3 Å². The van der Waals surface area contributed by atoms with Gasteiger partial charge in [0.15, 0.2) is 0 Å². The number of alkyl halides is 2. The lowest BCUT2D eigenvalue weighted by atomic mass is 10.1. The molecule has 1 N–H and O–H groups in total. The van der Waals surface area contributed by atoms with Crippen LogP contribution >= 0.6 is 0 Å². The Bertz CT molecular complexity index is 1080. The number of amides is 2. The number of morpholine rings is 1. The summed E-state index contributed by atoms with van der Waals surface area (Å²) >= 11 is 0. The molecular weight excluding hydrogens is 398 g/mol. The highest BCUT2D eigenvalue weighted by atomic mass is 19.3. The van der Waals surface area contributed by atoms with Crippen molar-refractivity contribution in [2.75, 3.05) is 31.6 Å². The highest BCUT2D eigenvalue weighted by Gasteiger charge is 2.27. The summed E-state index contributed by atoms with van der Waals surface area (Å²) in [6.07, 6.45) is 0. The first-order valence-corrected chi connectivity index (χ1v) is 9.27. The molecule has 2 amide bonds. The van der Waals surface area contributed by atoms with Crippen LogP contribution in [0.1, 0.15) is 20.9 Å². The van der Waals surface area contributed by atoms with Gasteiger partial charge in [-0.25, -0.2) is 0 Å². The number of carbonyl (C=O) groups excluding carboxylic acids is 2. The smallest absolute Gasteiger partial charge is 0.387 e. The van der Waals surface area contributed by atoms with E-state index in [4.69, 9.17) is 9.15 Å². The number of carbonyl (C=O) groups is 2. The quantitative estimate of drug-likeness (QED) is 0.685. The van der Waals surface area contributed by atoms with E-state index in [-0.39, 0.29) is 28.7 Å².